The molecule has 0 aliphatic rings. The van der Waals surface area contributed by atoms with Gasteiger partial charge in [0.2, 0.25) is 0 Å². The van der Waals surface area contributed by atoms with Crippen LogP contribution in [0.2, 0.25) is 0 Å². The van der Waals surface area contributed by atoms with E-state index in [0.29, 0.717) is 0 Å². The molecule has 0 aromatic rings. The summed E-state index contributed by atoms with van der Waals surface area (Å²) in [4.78, 5) is 10.8. The van der Waals surface area contributed by atoms with Crippen LogP contribution in [0.15, 0.2) is 12.4 Å². The maximum absolute atomic E-state index is 10.8. The molecular weight excluding hydrogens is 180 g/mol. The van der Waals surface area contributed by atoms with E-state index in [9.17, 15) is 4.79 Å². The van der Waals surface area contributed by atoms with Gasteiger partial charge in [-0.1, -0.05) is 0 Å². The van der Waals surface area contributed by atoms with Crippen LogP contribution in [0.3, 0.4) is 0 Å². The van der Waals surface area contributed by atoms with Gasteiger partial charge in [-0.25, -0.2) is 4.79 Å². The third-order valence-electron chi connectivity index (χ3n) is 0.696. The summed E-state index contributed by atoms with van der Waals surface area (Å²) in [6, 6.07) is 0. The largest absolute Gasteiger partial charge is 0.444 e. The number of carbonyl (C=O) groups is 1. The second-order valence-electron chi connectivity index (χ2n) is 3.01. The number of carbonyl (C=O) groups excluding carboxylic acids is 1. The van der Waals surface area contributed by atoms with E-state index in [1.807, 2.05) is 0 Å². The third kappa shape index (κ3) is 9.10. The zero-order valence-electron chi connectivity index (χ0n) is 7.46. The first-order valence-corrected chi connectivity index (χ1v) is 3.32. The van der Waals surface area contributed by atoms with Gasteiger partial charge in [-0.15, -0.1) is 12.4 Å². The van der Waals surface area contributed by atoms with Crippen LogP contribution in [-0.2, 0) is 4.74 Å². The summed E-state index contributed by atoms with van der Waals surface area (Å²) in [7, 11) is 0. The molecule has 0 atom stereocenters. The maximum atomic E-state index is 10.8. The molecule has 4 nitrogen and oxygen atoms in total. The van der Waals surface area contributed by atoms with Crippen molar-refractivity contribution < 1.29 is 9.53 Å². The van der Waals surface area contributed by atoms with Crippen molar-refractivity contribution in [2.75, 3.05) is 0 Å². The summed E-state index contributed by atoms with van der Waals surface area (Å²) in [5.74, 6) is 0. The number of nitrogens with one attached hydrogen (secondary N) is 1. The SMILES string of the molecule is CC(C)(C)OC(=O)N/C=C/N.Cl. The molecule has 3 N–H and O–H groups in total. The molecular formula is C7H15ClN2O2. The van der Waals surface area contributed by atoms with Gasteiger partial charge in [-0.2, -0.15) is 0 Å². The first-order valence-electron chi connectivity index (χ1n) is 3.32. The van der Waals surface area contributed by atoms with Gasteiger partial charge >= 0.3 is 6.09 Å². The zero-order valence-corrected chi connectivity index (χ0v) is 8.27. The second-order valence-corrected chi connectivity index (χ2v) is 3.01. The molecule has 0 unspecified atom stereocenters. The number of nitrogens with two attached hydrogens (primary N) is 1. The first-order chi connectivity index (χ1) is 4.95. The van der Waals surface area contributed by atoms with Gasteiger partial charge in [0, 0.05) is 12.4 Å². The van der Waals surface area contributed by atoms with Crippen LogP contribution in [0.1, 0.15) is 20.8 Å². The van der Waals surface area contributed by atoms with Crippen LogP contribution in [0.25, 0.3) is 0 Å². The molecule has 0 aliphatic carbocycles. The van der Waals surface area contributed by atoms with Crippen LogP contribution in [0, 0.1) is 0 Å². The van der Waals surface area contributed by atoms with E-state index >= 15 is 0 Å². The molecule has 0 saturated heterocycles. The molecule has 12 heavy (non-hydrogen) atoms. The quantitative estimate of drug-likeness (QED) is 0.663. The number of halogens is 1. The van der Waals surface area contributed by atoms with Crippen LogP contribution in [0.5, 0.6) is 0 Å². The van der Waals surface area contributed by atoms with Crippen molar-refractivity contribution in [3.63, 3.8) is 0 Å². The fraction of sp³-hybridized carbons (Fsp3) is 0.571. The van der Waals surface area contributed by atoms with Gasteiger partial charge < -0.3 is 10.5 Å². The minimum atomic E-state index is -0.501. The van der Waals surface area contributed by atoms with Crippen molar-refractivity contribution in [1.82, 2.24) is 5.32 Å². The molecule has 0 saturated carbocycles. The van der Waals surface area contributed by atoms with E-state index in [2.05, 4.69) is 5.32 Å². The Balaban J connectivity index is 0. The Hall–Kier alpha value is -0.900. The fourth-order valence-electron chi connectivity index (χ4n) is 0.424. The van der Waals surface area contributed by atoms with Gasteiger partial charge in [-0.05, 0) is 20.8 Å². The van der Waals surface area contributed by atoms with E-state index in [1.54, 1.807) is 20.8 Å². The van der Waals surface area contributed by atoms with Gasteiger partial charge in [0.05, 0.1) is 0 Å². The average Bonchev–Trinajstić information content (AvgIpc) is 1.79. The summed E-state index contributed by atoms with van der Waals surface area (Å²) < 4.78 is 4.88. The van der Waals surface area contributed by atoms with Gasteiger partial charge in [0.1, 0.15) is 5.60 Å². The lowest BCUT2D eigenvalue weighted by atomic mass is 10.2. The van der Waals surface area contributed by atoms with E-state index in [-0.39, 0.29) is 12.4 Å². The van der Waals surface area contributed by atoms with Gasteiger partial charge in [0.15, 0.2) is 0 Å². The van der Waals surface area contributed by atoms with Crippen LogP contribution < -0.4 is 11.1 Å². The van der Waals surface area contributed by atoms with Crippen molar-refractivity contribution in [2.24, 2.45) is 5.73 Å². The molecule has 5 heteroatoms. The molecule has 0 aromatic carbocycles. The molecule has 0 heterocycles. The highest BCUT2D eigenvalue weighted by Crippen LogP contribution is 2.05. The molecule has 0 bridgehead atoms. The lowest BCUT2D eigenvalue weighted by Gasteiger charge is -2.18. The fourth-order valence-corrected chi connectivity index (χ4v) is 0.424. The van der Waals surface area contributed by atoms with E-state index in [4.69, 9.17) is 10.5 Å². The number of hydrogen-bond acceptors (Lipinski definition) is 3. The van der Waals surface area contributed by atoms with Crippen molar-refractivity contribution >= 4 is 18.5 Å². The number of hydrogen-bond donors (Lipinski definition) is 2. The highest BCUT2D eigenvalue weighted by molar-refractivity contribution is 5.85. The minimum absolute atomic E-state index is 0. The summed E-state index contributed by atoms with van der Waals surface area (Å²) in [6.07, 6.45) is 2.04. The first kappa shape index (κ1) is 13.7. The van der Waals surface area contributed by atoms with Crippen molar-refractivity contribution in [1.29, 1.82) is 0 Å². The zero-order chi connectivity index (χ0) is 8.91. The number of ether oxygens (including phenoxy) is 1. The highest BCUT2D eigenvalue weighted by Gasteiger charge is 2.14. The van der Waals surface area contributed by atoms with Crippen molar-refractivity contribution in [3.8, 4) is 0 Å². The topological polar surface area (TPSA) is 64.3 Å². The molecule has 0 aliphatic heterocycles. The predicted molar refractivity (Wildman–Crippen MR) is 49.9 cm³/mol. The molecule has 0 radical (unpaired) electrons. The summed E-state index contributed by atoms with van der Waals surface area (Å²) in [6.45, 7) is 5.37. The van der Waals surface area contributed by atoms with Crippen LogP contribution in [-0.4, -0.2) is 11.7 Å². The monoisotopic (exact) mass is 194 g/mol. The summed E-state index contributed by atoms with van der Waals surface area (Å²) in [5, 5.41) is 2.32. The maximum Gasteiger partial charge on any atom is 0.411 e. The number of alkyl carbamates (subject to hydrolysis) is 1. The molecule has 72 valence electrons. The Morgan fingerprint density at radius 1 is 1.50 bits per heavy atom. The molecule has 0 aromatic heterocycles. The Morgan fingerprint density at radius 3 is 2.33 bits per heavy atom. The van der Waals surface area contributed by atoms with Crippen molar-refractivity contribution in [3.05, 3.63) is 12.4 Å². The number of amides is 1. The Labute approximate surface area is 78.6 Å². The lowest BCUT2D eigenvalue weighted by Crippen LogP contribution is -2.29. The molecule has 0 fully saturated rings. The number of rotatable bonds is 1. The minimum Gasteiger partial charge on any atom is -0.444 e. The van der Waals surface area contributed by atoms with Crippen molar-refractivity contribution in [2.45, 2.75) is 26.4 Å². The Bertz CT molecular complexity index is 163. The van der Waals surface area contributed by atoms with E-state index in [0.717, 1.165) is 0 Å². The smallest absolute Gasteiger partial charge is 0.411 e. The van der Waals surface area contributed by atoms with E-state index in [1.165, 1.54) is 12.4 Å². The molecule has 1 amide bonds. The summed E-state index contributed by atoms with van der Waals surface area (Å²) >= 11 is 0. The second kappa shape index (κ2) is 5.71. The third-order valence-corrected chi connectivity index (χ3v) is 0.696. The van der Waals surface area contributed by atoms with Gasteiger partial charge in [-0.3, -0.25) is 5.32 Å². The normalized spacial score (nSPS) is 10.6. The van der Waals surface area contributed by atoms with E-state index < -0.39 is 11.7 Å². The summed E-state index contributed by atoms with van der Waals surface area (Å²) in [5.41, 5.74) is 4.52. The molecule has 0 spiro atoms. The standard InChI is InChI=1S/C7H14N2O2.ClH/c1-7(2,3)11-6(10)9-5-4-8;/h4-5H,8H2,1-3H3,(H,9,10);1H/b5-4+;. The van der Waals surface area contributed by atoms with Crippen LogP contribution >= 0.6 is 12.4 Å². The lowest BCUT2D eigenvalue weighted by molar-refractivity contribution is 0.0552. The van der Waals surface area contributed by atoms with Gasteiger partial charge in [0.25, 0.3) is 0 Å². The van der Waals surface area contributed by atoms with Crippen LogP contribution in [0.4, 0.5) is 4.79 Å². The Morgan fingerprint density at radius 2 is 2.00 bits per heavy atom. The predicted octanol–water partition coefficient (Wildman–Crippen LogP) is 1.36. The Kier molecular flexibility index (Phi) is 6.51. The molecule has 0 rings (SSSR count). The average molecular weight is 195 g/mol. The highest BCUT2D eigenvalue weighted by atomic mass is 35.5.